The van der Waals surface area contributed by atoms with Crippen LogP contribution in [0.3, 0.4) is 0 Å². The molecule has 3 aromatic carbocycles. The third-order valence-corrected chi connectivity index (χ3v) is 9.17. The second-order valence-electron chi connectivity index (χ2n) is 9.28. The van der Waals surface area contributed by atoms with Crippen LogP contribution in [0, 0.1) is 41.5 Å². The van der Waals surface area contributed by atoms with Crippen LogP contribution in [0.2, 0.25) is 0 Å². The topological polar surface area (TPSA) is 27.7 Å². The molecule has 0 unspecified atom stereocenters. The van der Waals surface area contributed by atoms with Crippen LogP contribution in [0.5, 0.6) is 17.2 Å². The molecule has 0 amide bonds. The van der Waals surface area contributed by atoms with E-state index in [0.717, 1.165) is 39.5 Å². The molecule has 4 aromatic rings. The van der Waals surface area contributed by atoms with Crippen molar-refractivity contribution in [3.05, 3.63) is 75.8 Å². The van der Waals surface area contributed by atoms with E-state index in [9.17, 15) is 0 Å². The monoisotopic (exact) mass is 534 g/mol. The summed E-state index contributed by atoms with van der Waals surface area (Å²) in [6, 6.07) is 16.0. The van der Waals surface area contributed by atoms with Gasteiger partial charge >= 0.3 is 216 Å². The second-order valence-corrected chi connectivity index (χ2v) is 11.5. The van der Waals surface area contributed by atoms with Crippen LogP contribution in [0.1, 0.15) is 33.4 Å². The fourth-order valence-electron chi connectivity index (χ4n) is 5.21. The molecule has 0 bridgehead atoms. The molecule has 0 radical (unpaired) electrons. The Labute approximate surface area is 215 Å². The zero-order chi connectivity index (χ0) is 25.4. The Kier molecular flexibility index (Phi) is 7.17. The van der Waals surface area contributed by atoms with Gasteiger partial charge in [-0.1, -0.05) is 0 Å². The number of rotatable bonds is 6. The molecule has 0 saturated carbocycles. The summed E-state index contributed by atoms with van der Waals surface area (Å²) in [6.07, 6.45) is 0. The predicted molar refractivity (Wildman–Crippen MR) is 148 cm³/mol. The van der Waals surface area contributed by atoms with Crippen molar-refractivity contribution in [3.63, 3.8) is 0 Å². The van der Waals surface area contributed by atoms with E-state index in [1.807, 2.05) is 0 Å². The summed E-state index contributed by atoms with van der Waals surface area (Å²) in [6.45, 7) is 12.8. The van der Waals surface area contributed by atoms with Gasteiger partial charge in [-0.15, -0.1) is 0 Å². The Balaban J connectivity index is 1.98. The quantitative estimate of drug-likeness (QED) is 0.239. The van der Waals surface area contributed by atoms with E-state index < -0.39 is 0 Å². The zero-order valence-electron chi connectivity index (χ0n) is 22.2. The molecule has 4 rings (SSSR count). The average Bonchev–Trinajstić information content (AvgIpc) is 3.24. The molecule has 3 nitrogen and oxygen atoms in total. The summed E-state index contributed by atoms with van der Waals surface area (Å²) < 4.78 is 19.7. The van der Waals surface area contributed by atoms with E-state index in [2.05, 4.69) is 84.0 Å². The number of methoxy groups -OCH3 is 3. The van der Waals surface area contributed by atoms with Crippen LogP contribution in [0.25, 0.3) is 31.1 Å². The summed E-state index contributed by atoms with van der Waals surface area (Å²) in [4.78, 5) is 0. The Hall–Kier alpha value is -2.94. The summed E-state index contributed by atoms with van der Waals surface area (Å²) >= 11 is 0.151. The summed E-state index contributed by atoms with van der Waals surface area (Å²) in [5.41, 5.74) is 12.1. The van der Waals surface area contributed by atoms with E-state index in [1.165, 1.54) is 42.3 Å². The third-order valence-electron chi connectivity index (χ3n) is 6.58. The van der Waals surface area contributed by atoms with Crippen LogP contribution < -0.4 is 14.2 Å². The van der Waals surface area contributed by atoms with Crippen molar-refractivity contribution in [3.8, 4) is 48.4 Å². The zero-order valence-corrected chi connectivity index (χ0v) is 23.9. The standard InChI is InChI=1S/C31H34O3Se/c1-17-10-23(11-18(2)28(17)32-7)26-16-27(24-12-19(3)29(33-8)20(4)13-24)35-31(26)25-14-21(5)30(34-9)22(6)15-25/h10-16H,1-9H3. The molecule has 0 aliphatic carbocycles. The molecule has 182 valence electrons. The van der Waals surface area contributed by atoms with Gasteiger partial charge < -0.3 is 0 Å². The minimum atomic E-state index is 0.151. The van der Waals surface area contributed by atoms with E-state index >= 15 is 0 Å². The van der Waals surface area contributed by atoms with Crippen LogP contribution in [0.4, 0.5) is 0 Å². The fraction of sp³-hybridized carbons (Fsp3) is 0.290. The van der Waals surface area contributed by atoms with Crippen molar-refractivity contribution in [2.45, 2.75) is 41.5 Å². The summed E-state index contributed by atoms with van der Waals surface area (Å²) in [7, 11) is 5.23. The maximum absolute atomic E-state index is 5.65. The fourth-order valence-corrected chi connectivity index (χ4v) is 7.63. The second kappa shape index (κ2) is 9.97. The van der Waals surface area contributed by atoms with Crippen molar-refractivity contribution in [2.24, 2.45) is 0 Å². The normalized spacial score (nSPS) is 11.0. The van der Waals surface area contributed by atoms with E-state index in [4.69, 9.17) is 14.2 Å². The molecule has 0 aliphatic rings. The molecule has 0 saturated heterocycles. The van der Waals surface area contributed by atoms with Crippen LogP contribution >= 0.6 is 0 Å². The molecule has 1 aromatic heterocycles. The van der Waals surface area contributed by atoms with Gasteiger partial charge in [0.25, 0.3) is 0 Å². The molecule has 0 aliphatic heterocycles. The average molecular weight is 534 g/mol. The van der Waals surface area contributed by atoms with Gasteiger partial charge in [-0.25, -0.2) is 0 Å². The molecular formula is C31H34O3Se. The third kappa shape index (κ3) is 4.66. The first-order chi connectivity index (χ1) is 16.7. The van der Waals surface area contributed by atoms with Gasteiger partial charge in [-0.05, 0) is 0 Å². The number of hydrogen-bond acceptors (Lipinski definition) is 3. The van der Waals surface area contributed by atoms with Crippen molar-refractivity contribution in [2.75, 3.05) is 21.3 Å². The summed E-state index contributed by atoms with van der Waals surface area (Å²) in [5, 5.41) is 0. The molecule has 4 heteroatoms. The van der Waals surface area contributed by atoms with Crippen LogP contribution in [-0.4, -0.2) is 35.8 Å². The van der Waals surface area contributed by atoms with Gasteiger partial charge in [0.15, 0.2) is 0 Å². The van der Waals surface area contributed by atoms with Crippen LogP contribution in [-0.2, 0) is 0 Å². The molecule has 0 spiro atoms. The van der Waals surface area contributed by atoms with Crippen molar-refractivity contribution >= 4 is 14.5 Å². The Morgan fingerprint density at radius 1 is 0.457 bits per heavy atom. The number of ether oxygens (including phenoxy) is 3. The minimum absolute atomic E-state index is 0.151. The Morgan fingerprint density at radius 2 is 0.800 bits per heavy atom. The SMILES string of the molecule is COc1c(C)cc(-c2cc(-c3cc(C)c(OC)c(C)c3)c(-c3cc(C)c(OC)c(C)c3)[se]2)cc1C. The van der Waals surface area contributed by atoms with Gasteiger partial charge in [0.2, 0.25) is 0 Å². The van der Waals surface area contributed by atoms with Gasteiger partial charge in [0.05, 0.1) is 0 Å². The molecular weight excluding hydrogens is 499 g/mol. The number of benzene rings is 3. The summed E-state index contributed by atoms with van der Waals surface area (Å²) in [5.74, 6) is 2.89. The molecule has 0 fully saturated rings. The first-order valence-electron chi connectivity index (χ1n) is 11.8. The van der Waals surface area contributed by atoms with E-state index in [1.54, 1.807) is 21.3 Å². The maximum atomic E-state index is 5.65. The van der Waals surface area contributed by atoms with Gasteiger partial charge in [0.1, 0.15) is 0 Å². The Morgan fingerprint density at radius 3 is 1.17 bits per heavy atom. The molecule has 1 heterocycles. The Bertz CT molecular complexity index is 1260. The van der Waals surface area contributed by atoms with Crippen molar-refractivity contribution in [1.29, 1.82) is 0 Å². The van der Waals surface area contributed by atoms with E-state index in [0.29, 0.717) is 0 Å². The van der Waals surface area contributed by atoms with Gasteiger partial charge in [-0.3, -0.25) is 0 Å². The van der Waals surface area contributed by atoms with Gasteiger partial charge in [0, 0.05) is 0 Å². The molecule has 0 N–H and O–H groups in total. The molecule has 0 atom stereocenters. The van der Waals surface area contributed by atoms with E-state index in [-0.39, 0.29) is 14.5 Å². The predicted octanol–water partition coefficient (Wildman–Crippen LogP) is 7.62. The first kappa shape index (κ1) is 25.2. The van der Waals surface area contributed by atoms with Gasteiger partial charge in [-0.2, -0.15) is 0 Å². The molecule has 35 heavy (non-hydrogen) atoms. The number of aryl methyl sites for hydroxylation is 6. The van der Waals surface area contributed by atoms with Crippen LogP contribution in [0.15, 0.2) is 42.5 Å². The first-order valence-corrected chi connectivity index (χ1v) is 13.5. The van der Waals surface area contributed by atoms with Crippen molar-refractivity contribution in [1.82, 2.24) is 0 Å². The van der Waals surface area contributed by atoms with Crippen molar-refractivity contribution < 1.29 is 14.2 Å². The number of hydrogen-bond donors (Lipinski definition) is 0.